The van der Waals surface area contributed by atoms with Crippen molar-refractivity contribution in [3.63, 3.8) is 0 Å². The lowest BCUT2D eigenvalue weighted by molar-refractivity contribution is 0.416. The lowest BCUT2D eigenvalue weighted by Crippen LogP contribution is -2.36. The average molecular weight is 333 g/mol. The molecule has 1 aliphatic rings. The molecule has 0 fully saturated rings. The zero-order chi connectivity index (χ0) is 17.6. The van der Waals surface area contributed by atoms with Gasteiger partial charge in [0.1, 0.15) is 5.75 Å². The molecule has 3 aromatic rings. The number of nitrogens with zero attached hydrogens (tertiary/aromatic N) is 2. The van der Waals surface area contributed by atoms with Gasteiger partial charge in [0.25, 0.3) is 0 Å². The molecule has 0 saturated carbocycles. The molecule has 4 rings (SSSR count). The number of ether oxygens (including phenoxy) is 1. The number of fused-ring (bicyclic) bond motifs is 2. The third-order valence-corrected chi connectivity index (χ3v) is 5.05. The number of methoxy groups -OCH3 is 1. The number of nitrogens with two attached hydrogens (primary N) is 1. The van der Waals surface area contributed by atoms with Crippen LogP contribution in [0.5, 0.6) is 5.75 Å². The molecule has 0 atom stereocenters. The number of hydrogen-bond acceptors (Lipinski definition) is 5. The molecule has 126 valence electrons. The van der Waals surface area contributed by atoms with Crippen LogP contribution in [-0.2, 0) is 6.42 Å². The summed E-state index contributed by atoms with van der Waals surface area (Å²) in [4.78, 5) is 0. The lowest BCUT2D eigenvalue weighted by Gasteiger charge is -2.22. The van der Waals surface area contributed by atoms with Crippen LogP contribution in [0.2, 0.25) is 6.32 Å². The molecule has 2 aromatic carbocycles. The van der Waals surface area contributed by atoms with E-state index < -0.39 is 6.92 Å². The van der Waals surface area contributed by atoms with Crippen LogP contribution in [0.25, 0.3) is 21.9 Å². The molecule has 5 nitrogen and oxygen atoms in total. The number of nitrogen functional groups attached to an aromatic ring is 1. The number of aryl methyl sites for hydroxylation is 2. The molecule has 0 saturated heterocycles. The van der Waals surface area contributed by atoms with Gasteiger partial charge in [-0.2, -0.15) is 5.10 Å². The van der Waals surface area contributed by atoms with E-state index in [1.807, 2.05) is 19.1 Å². The number of anilines is 1. The van der Waals surface area contributed by atoms with Crippen molar-refractivity contribution in [3.8, 4) is 16.9 Å². The van der Waals surface area contributed by atoms with E-state index in [2.05, 4.69) is 28.4 Å². The molecule has 6 heteroatoms. The Kier molecular flexibility index (Phi) is 3.84. The highest BCUT2D eigenvalue weighted by atomic mass is 16.5. The SMILES string of the molecule is COc1cc2c(cc1-c1ccc3c(N)nnc(C)c3c1)B(O)CCC2. The van der Waals surface area contributed by atoms with E-state index in [1.54, 1.807) is 7.11 Å². The summed E-state index contributed by atoms with van der Waals surface area (Å²) in [5.74, 6) is 1.25. The monoisotopic (exact) mass is 333 g/mol. The first-order chi connectivity index (χ1) is 12.1. The van der Waals surface area contributed by atoms with E-state index >= 15 is 0 Å². The average Bonchev–Trinajstić information content (AvgIpc) is 2.64. The molecule has 25 heavy (non-hydrogen) atoms. The minimum absolute atomic E-state index is 0.405. The van der Waals surface area contributed by atoms with Crippen LogP contribution in [-0.4, -0.2) is 29.2 Å². The maximum Gasteiger partial charge on any atom is 0.323 e. The van der Waals surface area contributed by atoms with Crippen LogP contribution < -0.4 is 15.9 Å². The predicted molar refractivity (Wildman–Crippen MR) is 101 cm³/mol. The fraction of sp³-hybridized carbons (Fsp3) is 0.263. The number of benzene rings is 2. The van der Waals surface area contributed by atoms with Gasteiger partial charge in [-0.25, -0.2) is 0 Å². The van der Waals surface area contributed by atoms with E-state index in [1.165, 1.54) is 5.56 Å². The normalized spacial score (nSPS) is 13.8. The Morgan fingerprint density at radius 3 is 2.80 bits per heavy atom. The molecule has 3 N–H and O–H groups in total. The number of hydrogen-bond donors (Lipinski definition) is 2. The topological polar surface area (TPSA) is 81.3 Å². The summed E-state index contributed by atoms with van der Waals surface area (Å²) < 4.78 is 5.63. The first kappa shape index (κ1) is 15.9. The highest BCUT2D eigenvalue weighted by Gasteiger charge is 2.24. The Balaban J connectivity index is 1.93. The van der Waals surface area contributed by atoms with E-state index in [0.29, 0.717) is 5.82 Å². The standard InChI is InChI=1S/C19H20BN3O2/c1-11-15-8-12(5-6-14(15)19(21)23-22-11)16-10-17-13(9-18(16)25-2)4-3-7-20(17)24/h5-6,8-10,24H,3-4,7H2,1-2H3,(H2,21,23). The molecule has 0 aliphatic carbocycles. The predicted octanol–water partition coefficient (Wildman–Crippen LogP) is 2.33. The molecular weight excluding hydrogens is 313 g/mol. The summed E-state index contributed by atoms with van der Waals surface area (Å²) >= 11 is 0. The third-order valence-electron chi connectivity index (χ3n) is 5.05. The molecule has 0 amide bonds. The zero-order valence-corrected chi connectivity index (χ0v) is 14.4. The second-order valence-electron chi connectivity index (χ2n) is 6.59. The van der Waals surface area contributed by atoms with Crippen molar-refractivity contribution in [2.45, 2.75) is 26.1 Å². The minimum atomic E-state index is -0.405. The number of aromatic nitrogens is 2. The largest absolute Gasteiger partial charge is 0.496 e. The van der Waals surface area contributed by atoms with Crippen LogP contribution in [0.1, 0.15) is 17.7 Å². The van der Waals surface area contributed by atoms with Crippen molar-refractivity contribution in [1.82, 2.24) is 10.2 Å². The molecule has 0 unspecified atom stereocenters. The van der Waals surface area contributed by atoms with Gasteiger partial charge < -0.3 is 15.5 Å². The van der Waals surface area contributed by atoms with Crippen LogP contribution in [0.3, 0.4) is 0 Å². The first-order valence-electron chi connectivity index (χ1n) is 8.50. The molecule has 0 spiro atoms. The van der Waals surface area contributed by atoms with E-state index in [9.17, 15) is 5.02 Å². The maximum atomic E-state index is 10.4. The van der Waals surface area contributed by atoms with Crippen molar-refractivity contribution < 1.29 is 9.76 Å². The summed E-state index contributed by atoms with van der Waals surface area (Å²) in [6.45, 7) is 1.52. The van der Waals surface area contributed by atoms with Crippen LogP contribution in [0.4, 0.5) is 5.82 Å². The van der Waals surface area contributed by atoms with E-state index in [0.717, 1.165) is 58.0 Å². The fourth-order valence-corrected chi connectivity index (χ4v) is 3.67. The second kappa shape index (κ2) is 6.04. The van der Waals surface area contributed by atoms with Crippen molar-refractivity contribution in [1.29, 1.82) is 0 Å². The lowest BCUT2D eigenvalue weighted by atomic mass is 9.53. The van der Waals surface area contributed by atoms with E-state index in [4.69, 9.17) is 10.5 Å². The van der Waals surface area contributed by atoms with Gasteiger partial charge in [0.05, 0.1) is 12.8 Å². The van der Waals surface area contributed by atoms with Crippen LogP contribution in [0, 0.1) is 6.92 Å². The minimum Gasteiger partial charge on any atom is -0.496 e. The van der Waals surface area contributed by atoms with Gasteiger partial charge in [0.15, 0.2) is 5.82 Å². The van der Waals surface area contributed by atoms with Crippen molar-refractivity contribution >= 4 is 29.0 Å². The van der Waals surface area contributed by atoms with Gasteiger partial charge in [-0.3, -0.25) is 0 Å². The van der Waals surface area contributed by atoms with Crippen molar-refractivity contribution in [3.05, 3.63) is 41.6 Å². The molecule has 1 aromatic heterocycles. The second-order valence-corrected chi connectivity index (χ2v) is 6.59. The van der Waals surface area contributed by atoms with Gasteiger partial charge in [-0.1, -0.05) is 18.6 Å². The van der Waals surface area contributed by atoms with E-state index in [-0.39, 0.29) is 0 Å². The molecule has 2 heterocycles. The quantitative estimate of drug-likeness (QED) is 0.704. The summed E-state index contributed by atoms with van der Waals surface area (Å²) in [7, 11) is 1.68. The summed E-state index contributed by atoms with van der Waals surface area (Å²) in [5, 5.41) is 20.3. The maximum absolute atomic E-state index is 10.4. The summed E-state index contributed by atoms with van der Waals surface area (Å²) in [5.41, 5.74) is 10.9. The van der Waals surface area contributed by atoms with Gasteiger partial charge >= 0.3 is 6.92 Å². The fourth-order valence-electron chi connectivity index (χ4n) is 3.67. The van der Waals surface area contributed by atoms with Crippen LogP contribution >= 0.6 is 0 Å². The Bertz CT molecular complexity index is 975. The zero-order valence-electron chi connectivity index (χ0n) is 14.4. The van der Waals surface area contributed by atoms with Gasteiger partial charge in [-0.15, -0.1) is 5.10 Å². The summed E-state index contributed by atoms with van der Waals surface area (Å²) in [6.07, 6.45) is 2.79. The Morgan fingerprint density at radius 2 is 2.00 bits per heavy atom. The van der Waals surface area contributed by atoms with Gasteiger partial charge in [-0.05, 0) is 54.5 Å². The molecule has 0 bridgehead atoms. The first-order valence-corrected chi connectivity index (χ1v) is 8.50. The van der Waals surface area contributed by atoms with Crippen LogP contribution in [0.15, 0.2) is 30.3 Å². The highest BCUT2D eigenvalue weighted by molar-refractivity contribution is 6.67. The molecule has 0 radical (unpaired) electrons. The Morgan fingerprint density at radius 1 is 1.16 bits per heavy atom. The van der Waals surface area contributed by atoms with Gasteiger partial charge in [0.2, 0.25) is 0 Å². The Labute approximate surface area is 147 Å². The Hall–Kier alpha value is -2.60. The summed E-state index contributed by atoms with van der Waals surface area (Å²) in [6, 6.07) is 10.2. The van der Waals surface area contributed by atoms with Crippen molar-refractivity contribution in [2.75, 3.05) is 12.8 Å². The van der Waals surface area contributed by atoms with Crippen molar-refractivity contribution in [2.24, 2.45) is 0 Å². The smallest absolute Gasteiger partial charge is 0.323 e. The highest BCUT2D eigenvalue weighted by Crippen LogP contribution is 2.34. The van der Waals surface area contributed by atoms with Gasteiger partial charge in [0, 0.05) is 16.3 Å². The molecule has 1 aliphatic heterocycles. The molecular formula is C19H20BN3O2. The third kappa shape index (κ3) is 2.63. The number of rotatable bonds is 2.